The van der Waals surface area contributed by atoms with E-state index in [0.717, 1.165) is 12.8 Å². The van der Waals surface area contributed by atoms with E-state index in [4.69, 9.17) is 10.8 Å². The Morgan fingerprint density at radius 3 is 2.47 bits per heavy atom. The number of carboxylic acid groups (broad SMARTS) is 1. The predicted molar refractivity (Wildman–Crippen MR) is 64.4 cm³/mol. The van der Waals surface area contributed by atoms with E-state index in [0.29, 0.717) is 32.4 Å². The molecule has 3 N–H and O–H groups in total. The van der Waals surface area contributed by atoms with E-state index in [9.17, 15) is 9.59 Å². The summed E-state index contributed by atoms with van der Waals surface area (Å²) >= 11 is 0. The van der Waals surface area contributed by atoms with Gasteiger partial charge in [-0.1, -0.05) is 13.3 Å². The number of carboxylic acids is 1. The number of nitrogens with two attached hydrogens (primary N) is 1. The topological polar surface area (TPSA) is 83.6 Å². The molecule has 0 spiro atoms. The summed E-state index contributed by atoms with van der Waals surface area (Å²) in [5.74, 6) is -0.974. The molecule has 0 radical (unpaired) electrons. The van der Waals surface area contributed by atoms with Crippen molar-refractivity contribution in [2.75, 3.05) is 13.1 Å². The largest absolute Gasteiger partial charge is 0.481 e. The molecule has 1 saturated heterocycles. The fourth-order valence-corrected chi connectivity index (χ4v) is 2.20. The van der Waals surface area contributed by atoms with Crippen LogP contribution in [0.3, 0.4) is 0 Å². The number of amides is 1. The highest BCUT2D eigenvalue weighted by atomic mass is 16.4. The van der Waals surface area contributed by atoms with Crippen molar-refractivity contribution in [3.8, 4) is 0 Å². The minimum Gasteiger partial charge on any atom is -0.481 e. The van der Waals surface area contributed by atoms with Gasteiger partial charge in [0.05, 0.1) is 5.92 Å². The van der Waals surface area contributed by atoms with Gasteiger partial charge >= 0.3 is 5.97 Å². The number of rotatable bonds is 5. The van der Waals surface area contributed by atoms with Crippen LogP contribution >= 0.6 is 0 Å². The highest BCUT2D eigenvalue weighted by Gasteiger charge is 2.27. The normalized spacial score (nSPS) is 19.1. The molecule has 98 valence electrons. The molecular weight excluding hydrogens is 220 g/mol. The third kappa shape index (κ3) is 4.34. The second kappa shape index (κ2) is 6.59. The average molecular weight is 242 g/mol. The molecule has 1 rings (SSSR count). The number of hydrogen-bond acceptors (Lipinski definition) is 3. The van der Waals surface area contributed by atoms with Crippen LogP contribution in [-0.4, -0.2) is 41.0 Å². The molecular formula is C12H22N2O3. The lowest BCUT2D eigenvalue weighted by Crippen LogP contribution is -2.42. The standard InChI is InChI=1S/C12H22N2O3/c1-2-3-10(13)8-11(15)14-6-4-9(5-7-14)12(16)17/h9-10H,2-8,13H2,1H3,(H,16,17). The number of likely N-dealkylation sites (tertiary alicyclic amines) is 1. The summed E-state index contributed by atoms with van der Waals surface area (Å²) in [5.41, 5.74) is 5.83. The molecule has 0 aromatic heterocycles. The van der Waals surface area contributed by atoms with Gasteiger partial charge in [-0.15, -0.1) is 0 Å². The van der Waals surface area contributed by atoms with Crippen LogP contribution in [0.1, 0.15) is 39.0 Å². The molecule has 1 amide bonds. The van der Waals surface area contributed by atoms with E-state index in [1.165, 1.54) is 0 Å². The van der Waals surface area contributed by atoms with E-state index in [-0.39, 0.29) is 17.9 Å². The Balaban J connectivity index is 2.33. The van der Waals surface area contributed by atoms with Gasteiger partial charge in [-0.2, -0.15) is 0 Å². The van der Waals surface area contributed by atoms with Crippen LogP contribution in [0.25, 0.3) is 0 Å². The first-order valence-electron chi connectivity index (χ1n) is 6.30. The van der Waals surface area contributed by atoms with Crippen LogP contribution in [-0.2, 0) is 9.59 Å². The van der Waals surface area contributed by atoms with Crippen molar-refractivity contribution in [2.24, 2.45) is 11.7 Å². The van der Waals surface area contributed by atoms with E-state index in [2.05, 4.69) is 0 Å². The quantitative estimate of drug-likeness (QED) is 0.748. The van der Waals surface area contributed by atoms with Crippen LogP contribution in [0, 0.1) is 5.92 Å². The van der Waals surface area contributed by atoms with Crippen molar-refractivity contribution in [3.63, 3.8) is 0 Å². The highest BCUT2D eigenvalue weighted by Crippen LogP contribution is 2.18. The smallest absolute Gasteiger partial charge is 0.306 e. The zero-order chi connectivity index (χ0) is 12.8. The monoisotopic (exact) mass is 242 g/mol. The zero-order valence-electron chi connectivity index (χ0n) is 10.4. The maximum atomic E-state index is 11.9. The van der Waals surface area contributed by atoms with Gasteiger partial charge in [-0.25, -0.2) is 0 Å². The third-order valence-electron chi connectivity index (χ3n) is 3.29. The zero-order valence-corrected chi connectivity index (χ0v) is 10.4. The van der Waals surface area contributed by atoms with Gasteiger partial charge in [0.1, 0.15) is 0 Å². The molecule has 1 atom stereocenters. The van der Waals surface area contributed by atoms with Gasteiger partial charge in [0, 0.05) is 25.6 Å². The van der Waals surface area contributed by atoms with E-state index < -0.39 is 5.97 Å². The van der Waals surface area contributed by atoms with Gasteiger partial charge in [0.25, 0.3) is 0 Å². The lowest BCUT2D eigenvalue weighted by molar-refractivity contribution is -0.145. The number of nitrogens with zero attached hydrogens (tertiary/aromatic N) is 1. The first-order chi connectivity index (χ1) is 8.04. The van der Waals surface area contributed by atoms with Crippen molar-refractivity contribution in [1.29, 1.82) is 0 Å². The second-order valence-electron chi connectivity index (χ2n) is 4.75. The van der Waals surface area contributed by atoms with Gasteiger partial charge in [-0.05, 0) is 19.3 Å². The lowest BCUT2D eigenvalue weighted by Gasteiger charge is -2.30. The summed E-state index contributed by atoms with van der Waals surface area (Å²) in [4.78, 5) is 24.4. The Bertz CT molecular complexity index is 273. The molecule has 17 heavy (non-hydrogen) atoms. The minimum absolute atomic E-state index is 0.0646. The van der Waals surface area contributed by atoms with Crippen molar-refractivity contribution in [1.82, 2.24) is 4.90 Å². The molecule has 1 fully saturated rings. The Morgan fingerprint density at radius 1 is 1.41 bits per heavy atom. The maximum absolute atomic E-state index is 11.9. The molecule has 1 heterocycles. The summed E-state index contributed by atoms with van der Waals surface area (Å²) in [6.07, 6.45) is 3.34. The number of carbonyl (C=O) groups is 2. The number of hydrogen-bond donors (Lipinski definition) is 2. The SMILES string of the molecule is CCCC(N)CC(=O)N1CCC(C(=O)O)CC1. The van der Waals surface area contributed by atoms with Gasteiger partial charge < -0.3 is 15.7 Å². The summed E-state index contributed by atoms with van der Waals surface area (Å²) in [6.45, 7) is 3.14. The first-order valence-corrected chi connectivity index (χ1v) is 6.30. The predicted octanol–water partition coefficient (Wildman–Crippen LogP) is 0.827. The van der Waals surface area contributed by atoms with Crippen LogP contribution in [0.15, 0.2) is 0 Å². The summed E-state index contributed by atoms with van der Waals surface area (Å²) in [5, 5.41) is 8.86. The average Bonchev–Trinajstić information content (AvgIpc) is 2.29. The summed E-state index contributed by atoms with van der Waals surface area (Å²) in [6, 6.07) is -0.0651. The molecule has 5 nitrogen and oxygen atoms in total. The second-order valence-corrected chi connectivity index (χ2v) is 4.75. The molecule has 0 aromatic rings. The van der Waals surface area contributed by atoms with Crippen LogP contribution in [0.2, 0.25) is 0 Å². The van der Waals surface area contributed by atoms with Gasteiger partial charge in [0.15, 0.2) is 0 Å². The third-order valence-corrected chi connectivity index (χ3v) is 3.29. The van der Waals surface area contributed by atoms with Crippen LogP contribution in [0.4, 0.5) is 0 Å². The molecule has 1 aliphatic rings. The van der Waals surface area contributed by atoms with E-state index >= 15 is 0 Å². The first kappa shape index (κ1) is 14.0. The molecule has 5 heteroatoms. The van der Waals surface area contributed by atoms with Crippen molar-refractivity contribution >= 4 is 11.9 Å². The fourth-order valence-electron chi connectivity index (χ4n) is 2.20. The molecule has 1 unspecified atom stereocenters. The lowest BCUT2D eigenvalue weighted by atomic mass is 9.96. The summed E-state index contributed by atoms with van der Waals surface area (Å²) < 4.78 is 0. The maximum Gasteiger partial charge on any atom is 0.306 e. The van der Waals surface area contributed by atoms with E-state index in [1.54, 1.807) is 4.90 Å². The Morgan fingerprint density at radius 2 is 2.00 bits per heavy atom. The Kier molecular flexibility index (Phi) is 5.41. The molecule has 0 aliphatic carbocycles. The number of aliphatic carboxylic acids is 1. The minimum atomic E-state index is -0.750. The summed E-state index contributed by atoms with van der Waals surface area (Å²) in [7, 11) is 0. The number of carbonyl (C=O) groups excluding carboxylic acids is 1. The van der Waals surface area contributed by atoms with Gasteiger partial charge in [-0.3, -0.25) is 9.59 Å². The van der Waals surface area contributed by atoms with Crippen LogP contribution in [0.5, 0.6) is 0 Å². The van der Waals surface area contributed by atoms with E-state index in [1.807, 2.05) is 6.92 Å². The fraction of sp³-hybridized carbons (Fsp3) is 0.833. The Hall–Kier alpha value is -1.10. The van der Waals surface area contributed by atoms with Gasteiger partial charge in [0.2, 0.25) is 5.91 Å². The molecule has 0 bridgehead atoms. The molecule has 0 aromatic carbocycles. The van der Waals surface area contributed by atoms with Crippen molar-refractivity contribution < 1.29 is 14.7 Å². The van der Waals surface area contributed by atoms with Crippen molar-refractivity contribution in [2.45, 2.75) is 45.1 Å². The number of piperidine rings is 1. The Labute approximate surface area is 102 Å². The van der Waals surface area contributed by atoms with Crippen LogP contribution < -0.4 is 5.73 Å². The molecule has 1 aliphatic heterocycles. The highest BCUT2D eigenvalue weighted by molar-refractivity contribution is 5.77. The van der Waals surface area contributed by atoms with Crippen molar-refractivity contribution in [3.05, 3.63) is 0 Å². The molecule has 0 saturated carbocycles.